The van der Waals surface area contributed by atoms with Crippen LogP contribution in [0.25, 0.3) is 10.9 Å². The molecular weight excluding hydrogens is 345 g/mol. The minimum Gasteiger partial charge on any atom is -0.343 e. The molecule has 7 heteroatoms. The van der Waals surface area contributed by atoms with Crippen LogP contribution in [-0.4, -0.2) is 16.5 Å². The second-order valence-corrected chi connectivity index (χ2v) is 7.03. The van der Waals surface area contributed by atoms with Crippen LogP contribution in [0.5, 0.6) is 0 Å². The number of nitriles is 1. The number of nitrogens with one attached hydrogen (secondary N) is 1. The Labute approximate surface area is 149 Å². The van der Waals surface area contributed by atoms with Crippen LogP contribution < -0.4 is 10.7 Å². The first-order chi connectivity index (χ1) is 11.8. The smallest absolute Gasteiger partial charge is 0.257 e. The summed E-state index contributed by atoms with van der Waals surface area (Å²) in [6.45, 7) is 3.60. The van der Waals surface area contributed by atoms with Gasteiger partial charge in [0.05, 0.1) is 16.6 Å². The van der Waals surface area contributed by atoms with Gasteiger partial charge in [-0.1, -0.05) is 25.4 Å². The number of benzene rings is 1. The number of amides is 1. The maximum Gasteiger partial charge on any atom is 0.257 e. The van der Waals surface area contributed by atoms with Gasteiger partial charge in [-0.15, -0.1) is 0 Å². The van der Waals surface area contributed by atoms with Crippen molar-refractivity contribution in [1.82, 2.24) is 9.88 Å². The molecule has 1 N–H and O–H groups in total. The molecule has 3 rings (SSSR count). The van der Waals surface area contributed by atoms with E-state index >= 15 is 0 Å². The van der Waals surface area contributed by atoms with E-state index in [0.717, 1.165) is 18.9 Å². The molecule has 0 aliphatic heterocycles. The van der Waals surface area contributed by atoms with Gasteiger partial charge in [-0.05, 0) is 30.9 Å². The Morgan fingerprint density at radius 1 is 1.44 bits per heavy atom. The molecule has 1 saturated carbocycles. The van der Waals surface area contributed by atoms with Crippen molar-refractivity contribution in [3.63, 3.8) is 0 Å². The van der Waals surface area contributed by atoms with E-state index in [9.17, 15) is 14.0 Å². The standard InChI is InChI=1S/C18H17ClFN3O2/c1-9(2)15(7-21)22-18(25)12-8-23(10-3-4-10)16-6-13(19)14(20)5-11(16)17(12)24/h5-6,8-10,15H,3-4H2,1-2H3,(H,22,25). The molecule has 1 aliphatic carbocycles. The van der Waals surface area contributed by atoms with Crippen molar-refractivity contribution in [1.29, 1.82) is 5.26 Å². The number of hydrogen-bond donors (Lipinski definition) is 1. The van der Waals surface area contributed by atoms with Crippen molar-refractivity contribution in [3.8, 4) is 6.07 Å². The van der Waals surface area contributed by atoms with E-state index in [-0.39, 0.29) is 27.9 Å². The second kappa shape index (κ2) is 6.49. The zero-order valence-corrected chi connectivity index (χ0v) is 14.6. The molecule has 2 aromatic rings. The van der Waals surface area contributed by atoms with E-state index in [0.29, 0.717) is 5.52 Å². The first kappa shape index (κ1) is 17.4. The first-order valence-corrected chi connectivity index (χ1v) is 8.45. The average molecular weight is 362 g/mol. The van der Waals surface area contributed by atoms with Crippen LogP contribution in [0.2, 0.25) is 5.02 Å². The molecule has 0 bridgehead atoms. The Morgan fingerprint density at radius 2 is 2.12 bits per heavy atom. The van der Waals surface area contributed by atoms with Crippen molar-refractivity contribution in [2.24, 2.45) is 5.92 Å². The number of aromatic nitrogens is 1. The molecule has 1 aromatic heterocycles. The predicted molar refractivity (Wildman–Crippen MR) is 93.2 cm³/mol. The third kappa shape index (κ3) is 3.24. The van der Waals surface area contributed by atoms with Gasteiger partial charge in [0.25, 0.3) is 5.91 Å². The third-order valence-electron chi connectivity index (χ3n) is 4.35. The maximum atomic E-state index is 13.9. The fraction of sp³-hybridized carbons (Fsp3) is 0.389. The fourth-order valence-electron chi connectivity index (χ4n) is 2.73. The number of carbonyl (C=O) groups is 1. The van der Waals surface area contributed by atoms with Crippen molar-refractivity contribution >= 4 is 28.4 Å². The summed E-state index contributed by atoms with van der Waals surface area (Å²) in [5, 5.41) is 11.8. The number of pyridine rings is 1. The molecule has 130 valence electrons. The van der Waals surface area contributed by atoms with Crippen molar-refractivity contribution in [3.05, 3.63) is 45.0 Å². The van der Waals surface area contributed by atoms with Gasteiger partial charge >= 0.3 is 0 Å². The summed E-state index contributed by atoms with van der Waals surface area (Å²) in [5.74, 6) is -1.43. The number of halogens is 2. The zero-order valence-electron chi connectivity index (χ0n) is 13.8. The van der Waals surface area contributed by atoms with E-state index in [4.69, 9.17) is 16.9 Å². The highest BCUT2D eigenvalue weighted by Crippen LogP contribution is 2.37. The van der Waals surface area contributed by atoms with Crippen molar-refractivity contribution in [2.45, 2.75) is 38.8 Å². The summed E-state index contributed by atoms with van der Waals surface area (Å²) in [6.07, 6.45) is 3.32. The molecular formula is C18H17ClFN3O2. The van der Waals surface area contributed by atoms with Gasteiger partial charge in [0.2, 0.25) is 5.43 Å². The van der Waals surface area contributed by atoms with Gasteiger partial charge in [0.15, 0.2) is 0 Å². The van der Waals surface area contributed by atoms with E-state index in [1.807, 2.05) is 6.07 Å². The number of carbonyl (C=O) groups excluding carboxylic acids is 1. The summed E-state index contributed by atoms with van der Waals surface area (Å²) in [7, 11) is 0. The quantitative estimate of drug-likeness (QED) is 0.906. The van der Waals surface area contributed by atoms with Crippen LogP contribution in [0.4, 0.5) is 4.39 Å². The number of rotatable bonds is 4. The summed E-state index contributed by atoms with van der Waals surface area (Å²) in [5.41, 5.74) is -0.154. The van der Waals surface area contributed by atoms with Gasteiger partial charge in [-0.2, -0.15) is 5.26 Å². The monoisotopic (exact) mass is 361 g/mol. The normalized spacial score (nSPS) is 15.2. The lowest BCUT2D eigenvalue weighted by molar-refractivity contribution is 0.0936. The highest BCUT2D eigenvalue weighted by molar-refractivity contribution is 6.31. The lowest BCUT2D eigenvalue weighted by Gasteiger charge is -2.17. The molecule has 1 atom stereocenters. The molecule has 0 radical (unpaired) electrons. The zero-order chi connectivity index (χ0) is 18.3. The SMILES string of the molecule is CC(C)C(C#N)NC(=O)c1cn(C2CC2)c2cc(Cl)c(F)cc2c1=O. The average Bonchev–Trinajstić information content (AvgIpc) is 3.39. The number of hydrogen-bond acceptors (Lipinski definition) is 3. The second-order valence-electron chi connectivity index (χ2n) is 6.62. The van der Waals surface area contributed by atoms with E-state index in [1.54, 1.807) is 18.4 Å². The Hall–Kier alpha value is -2.39. The maximum absolute atomic E-state index is 13.9. The third-order valence-corrected chi connectivity index (χ3v) is 4.64. The van der Waals surface area contributed by atoms with Crippen LogP contribution in [0.15, 0.2) is 23.1 Å². The summed E-state index contributed by atoms with van der Waals surface area (Å²) >= 11 is 5.86. The Balaban J connectivity index is 2.15. The molecule has 1 unspecified atom stereocenters. The first-order valence-electron chi connectivity index (χ1n) is 8.08. The predicted octanol–water partition coefficient (Wildman–Crippen LogP) is 3.41. The van der Waals surface area contributed by atoms with Gasteiger partial charge in [-0.25, -0.2) is 4.39 Å². The summed E-state index contributed by atoms with van der Waals surface area (Å²) in [4.78, 5) is 25.2. The van der Waals surface area contributed by atoms with Crippen LogP contribution in [0.3, 0.4) is 0 Å². The van der Waals surface area contributed by atoms with Crippen LogP contribution >= 0.6 is 11.6 Å². The van der Waals surface area contributed by atoms with Gasteiger partial charge in [-0.3, -0.25) is 9.59 Å². The minimum atomic E-state index is -0.709. The molecule has 1 aliphatic rings. The Bertz CT molecular complexity index is 957. The highest BCUT2D eigenvalue weighted by atomic mass is 35.5. The highest BCUT2D eigenvalue weighted by Gasteiger charge is 2.28. The van der Waals surface area contributed by atoms with Crippen LogP contribution in [0, 0.1) is 23.1 Å². The van der Waals surface area contributed by atoms with E-state index in [1.165, 1.54) is 12.3 Å². The van der Waals surface area contributed by atoms with E-state index < -0.39 is 23.2 Å². The summed E-state index contributed by atoms with van der Waals surface area (Å²) in [6, 6.07) is 3.94. The Kier molecular flexibility index (Phi) is 4.53. The molecule has 1 fully saturated rings. The van der Waals surface area contributed by atoms with Gasteiger partial charge in [0, 0.05) is 17.6 Å². The molecule has 0 saturated heterocycles. The molecule has 1 amide bonds. The minimum absolute atomic E-state index is 0.0668. The lowest BCUT2D eigenvalue weighted by atomic mass is 10.0. The van der Waals surface area contributed by atoms with Crippen molar-refractivity contribution < 1.29 is 9.18 Å². The van der Waals surface area contributed by atoms with E-state index in [2.05, 4.69) is 5.32 Å². The van der Waals surface area contributed by atoms with Crippen LogP contribution in [0.1, 0.15) is 43.1 Å². The molecule has 0 spiro atoms. The van der Waals surface area contributed by atoms with Gasteiger partial charge in [0.1, 0.15) is 17.4 Å². The largest absolute Gasteiger partial charge is 0.343 e. The lowest BCUT2D eigenvalue weighted by Crippen LogP contribution is -2.39. The van der Waals surface area contributed by atoms with Gasteiger partial charge < -0.3 is 9.88 Å². The topological polar surface area (TPSA) is 74.9 Å². The fourth-order valence-corrected chi connectivity index (χ4v) is 2.89. The molecule has 25 heavy (non-hydrogen) atoms. The summed E-state index contributed by atoms with van der Waals surface area (Å²) < 4.78 is 15.7. The molecule has 5 nitrogen and oxygen atoms in total. The van der Waals surface area contributed by atoms with Crippen LogP contribution in [-0.2, 0) is 0 Å². The van der Waals surface area contributed by atoms with Crippen molar-refractivity contribution in [2.75, 3.05) is 0 Å². The molecule has 1 heterocycles. The number of fused-ring (bicyclic) bond motifs is 1. The Morgan fingerprint density at radius 3 is 2.68 bits per heavy atom. The molecule has 1 aromatic carbocycles. The number of nitrogens with zero attached hydrogens (tertiary/aromatic N) is 2.